The zero-order chi connectivity index (χ0) is 10.4. The minimum absolute atomic E-state index is 0.473. The Morgan fingerprint density at radius 1 is 1.43 bits per heavy atom. The highest BCUT2D eigenvalue weighted by Crippen LogP contribution is 2.11. The maximum Gasteiger partial charge on any atom is 0.411 e. The van der Waals surface area contributed by atoms with Crippen LogP contribution in [0.4, 0.5) is 10.5 Å². The zero-order valence-corrected chi connectivity index (χ0v) is 8.24. The first-order valence-corrected chi connectivity index (χ1v) is 4.19. The SMILES string of the molecule is COCc1cccc(NC(=O)OC)c1. The fraction of sp³-hybridized carbons (Fsp3) is 0.300. The van der Waals surface area contributed by atoms with E-state index in [9.17, 15) is 4.79 Å². The van der Waals surface area contributed by atoms with Gasteiger partial charge >= 0.3 is 6.09 Å². The average Bonchev–Trinajstić information content (AvgIpc) is 2.19. The van der Waals surface area contributed by atoms with Gasteiger partial charge in [-0.15, -0.1) is 0 Å². The number of hydrogen-bond donors (Lipinski definition) is 1. The Morgan fingerprint density at radius 3 is 2.86 bits per heavy atom. The van der Waals surface area contributed by atoms with Crippen LogP contribution in [0.15, 0.2) is 24.3 Å². The van der Waals surface area contributed by atoms with Crippen LogP contribution in [0.2, 0.25) is 0 Å². The molecule has 0 unspecified atom stereocenters. The molecule has 0 aromatic heterocycles. The molecule has 1 rings (SSSR count). The summed E-state index contributed by atoms with van der Waals surface area (Å²) in [5.41, 5.74) is 1.70. The van der Waals surface area contributed by atoms with Crippen molar-refractivity contribution in [1.29, 1.82) is 0 Å². The molecule has 4 nitrogen and oxygen atoms in total. The molecule has 1 amide bonds. The van der Waals surface area contributed by atoms with Gasteiger partial charge in [0.15, 0.2) is 0 Å². The van der Waals surface area contributed by atoms with Crippen LogP contribution in [0.3, 0.4) is 0 Å². The number of rotatable bonds is 3. The predicted octanol–water partition coefficient (Wildman–Crippen LogP) is 2.01. The molecule has 0 radical (unpaired) electrons. The third-order valence-corrected chi connectivity index (χ3v) is 1.67. The molecule has 1 aromatic carbocycles. The van der Waals surface area contributed by atoms with Gasteiger partial charge < -0.3 is 9.47 Å². The monoisotopic (exact) mass is 195 g/mol. The molecule has 0 saturated heterocycles. The van der Waals surface area contributed by atoms with E-state index >= 15 is 0 Å². The van der Waals surface area contributed by atoms with Crippen LogP contribution < -0.4 is 5.32 Å². The van der Waals surface area contributed by atoms with Crippen molar-refractivity contribution < 1.29 is 14.3 Å². The number of benzene rings is 1. The van der Waals surface area contributed by atoms with Gasteiger partial charge in [-0.05, 0) is 17.7 Å². The minimum Gasteiger partial charge on any atom is -0.453 e. The molecule has 0 saturated carbocycles. The Morgan fingerprint density at radius 2 is 2.21 bits per heavy atom. The van der Waals surface area contributed by atoms with Gasteiger partial charge in [0.1, 0.15) is 0 Å². The molecule has 0 spiro atoms. The van der Waals surface area contributed by atoms with E-state index in [0.717, 1.165) is 5.56 Å². The van der Waals surface area contributed by atoms with Crippen molar-refractivity contribution in [2.75, 3.05) is 19.5 Å². The molecule has 1 N–H and O–H groups in total. The van der Waals surface area contributed by atoms with Crippen molar-refractivity contribution in [2.45, 2.75) is 6.61 Å². The Bertz CT molecular complexity index is 312. The lowest BCUT2D eigenvalue weighted by Crippen LogP contribution is -2.10. The predicted molar refractivity (Wildman–Crippen MR) is 53.2 cm³/mol. The standard InChI is InChI=1S/C10H13NO3/c1-13-7-8-4-3-5-9(6-8)11-10(12)14-2/h3-6H,7H2,1-2H3,(H,11,12). The average molecular weight is 195 g/mol. The number of ether oxygens (including phenoxy) is 2. The lowest BCUT2D eigenvalue weighted by atomic mass is 10.2. The van der Waals surface area contributed by atoms with Gasteiger partial charge in [-0.1, -0.05) is 12.1 Å². The topological polar surface area (TPSA) is 47.6 Å². The van der Waals surface area contributed by atoms with Gasteiger partial charge in [0.05, 0.1) is 13.7 Å². The quantitative estimate of drug-likeness (QED) is 0.802. The molecular weight excluding hydrogens is 182 g/mol. The molecule has 0 heterocycles. The molecule has 4 heteroatoms. The number of carbonyl (C=O) groups is 1. The third kappa shape index (κ3) is 3.06. The first kappa shape index (κ1) is 10.5. The van der Waals surface area contributed by atoms with Crippen molar-refractivity contribution >= 4 is 11.8 Å². The highest BCUT2D eigenvalue weighted by Gasteiger charge is 2.00. The minimum atomic E-state index is -0.473. The maximum absolute atomic E-state index is 10.9. The van der Waals surface area contributed by atoms with E-state index in [4.69, 9.17) is 4.74 Å². The second-order valence-corrected chi connectivity index (χ2v) is 2.75. The summed E-state index contributed by atoms with van der Waals surface area (Å²) in [6.07, 6.45) is -0.473. The Kier molecular flexibility index (Phi) is 3.94. The van der Waals surface area contributed by atoms with E-state index in [1.807, 2.05) is 18.2 Å². The fourth-order valence-electron chi connectivity index (χ4n) is 1.07. The second kappa shape index (κ2) is 5.24. The number of amides is 1. The van der Waals surface area contributed by atoms with Gasteiger partial charge in [0, 0.05) is 12.8 Å². The first-order valence-electron chi connectivity index (χ1n) is 4.19. The largest absolute Gasteiger partial charge is 0.453 e. The summed E-state index contributed by atoms with van der Waals surface area (Å²) in [7, 11) is 2.95. The summed E-state index contributed by atoms with van der Waals surface area (Å²) in [5.74, 6) is 0. The zero-order valence-electron chi connectivity index (χ0n) is 8.24. The Hall–Kier alpha value is -1.55. The maximum atomic E-state index is 10.9. The van der Waals surface area contributed by atoms with E-state index in [-0.39, 0.29) is 0 Å². The summed E-state index contributed by atoms with van der Waals surface area (Å²) >= 11 is 0. The lowest BCUT2D eigenvalue weighted by Gasteiger charge is -2.05. The molecule has 0 aliphatic heterocycles. The lowest BCUT2D eigenvalue weighted by molar-refractivity contribution is 0.184. The number of methoxy groups -OCH3 is 2. The third-order valence-electron chi connectivity index (χ3n) is 1.67. The van der Waals surface area contributed by atoms with Crippen LogP contribution in [0.25, 0.3) is 0 Å². The van der Waals surface area contributed by atoms with Crippen LogP contribution in [0.5, 0.6) is 0 Å². The normalized spacial score (nSPS) is 9.57. The van der Waals surface area contributed by atoms with Crippen LogP contribution in [0, 0.1) is 0 Å². The molecule has 1 aromatic rings. The Balaban J connectivity index is 2.68. The van der Waals surface area contributed by atoms with Gasteiger partial charge in [-0.3, -0.25) is 5.32 Å². The first-order chi connectivity index (χ1) is 6.76. The van der Waals surface area contributed by atoms with Crippen molar-refractivity contribution in [3.05, 3.63) is 29.8 Å². The van der Waals surface area contributed by atoms with Crippen molar-refractivity contribution in [3.63, 3.8) is 0 Å². The fourth-order valence-corrected chi connectivity index (χ4v) is 1.07. The van der Waals surface area contributed by atoms with Crippen LogP contribution >= 0.6 is 0 Å². The van der Waals surface area contributed by atoms with Gasteiger partial charge in [0.25, 0.3) is 0 Å². The van der Waals surface area contributed by atoms with Crippen LogP contribution in [-0.4, -0.2) is 20.3 Å². The summed E-state index contributed by atoms with van der Waals surface area (Å²) in [6.45, 7) is 0.524. The van der Waals surface area contributed by atoms with Crippen molar-refractivity contribution in [3.8, 4) is 0 Å². The molecule has 0 aliphatic rings. The van der Waals surface area contributed by atoms with E-state index in [2.05, 4.69) is 10.1 Å². The summed E-state index contributed by atoms with van der Waals surface area (Å²) < 4.78 is 9.44. The molecule has 0 aliphatic carbocycles. The van der Waals surface area contributed by atoms with E-state index in [0.29, 0.717) is 12.3 Å². The highest BCUT2D eigenvalue weighted by molar-refractivity contribution is 5.84. The van der Waals surface area contributed by atoms with Gasteiger partial charge in [-0.2, -0.15) is 0 Å². The number of hydrogen-bond acceptors (Lipinski definition) is 3. The van der Waals surface area contributed by atoms with Crippen LogP contribution in [-0.2, 0) is 16.1 Å². The molecule has 0 bridgehead atoms. The van der Waals surface area contributed by atoms with Gasteiger partial charge in [-0.25, -0.2) is 4.79 Å². The second-order valence-electron chi connectivity index (χ2n) is 2.75. The van der Waals surface area contributed by atoms with Crippen molar-refractivity contribution in [1.82, 2.24) is 0 Å². The summed E-state index contributed by atoms with van der Waals surface area (Å²) in [6, 6.07) is 7.39. The molecule has 0 atom stereocenters. The summed E-state index contributed by atoms with van der Waals surface area (Å²) in [4.78, 5) is 10.9. The molecular formula is C10H13NO3. The highest BCUT2D eigenvalue weighted by atomic mass is 16.5. The number of nitrogens with one attached hydrogen (secondary N) is 1. The number of anilines is 1. The van der Waals surface area contributed by atoms with Crippen molar-refractivity contribution in [2.24, 2.45) is 0 Å². The summed E-state index contributed by atoms with van der Waals surface area (Å²) in [5, 5.41) is 2.57. The number of carbonyl (C=O) groups excluding carboxylic acids is 1. The van der Waals surface area contributed by atoms with E-state index in [1.54, 1.807) is 13.2 Å². The van der Waals surface area contributed by atoms with Gasteiger partial charge in [0.2, 0.25) is 0 Å². The van der Waals surface area contributed by atoms with Crippen LogP contribution in [0.1, 0.15) is 5.56 Å². The molecule has 0 fully saturated rings. The van der Waals surface area contributed by atoms with E-state index < -0.39 is 6.09 Å². The smallest absolute Gasteiger partial charge is 0.411 e. The molecule has 76 valence electrons. The van der Waals surface area contributed by atoms with E-state index in [1.165, 1.54) is 7.11 Å². The molecule has 14 heavy (non-hydrogen) atoms. The Labute approximate surface area is 82.8 Å².